The number of aromatic carboxylic acids is 1. The highest BCUT2D eigenvalue weighted by molar-refractivity contribution is 5.84. The topological polar surface area (TPSA) is 68.9 Å². The first-order valence-electron chi connectivity index (χ1n) is 8.71. The quantitative estimate of drug-likeness (QED) is 0.610. The van der Waals surface area contributed by atoms with Crippen molar-refractivity contribution >= 4 is 5.97 Å². The van der Waals surface area contributed by atoms with Crippen molar-refractivity contribution in [2.24, 2.45) is 0 Å². The average molecular weight is 366 g/mol. The summed E-state index contributed by atoms with van der Waals surface area (Å²) in [6.07, 6.45) is 0. The molecule has 1 heterocycles. The molecule has 0 radical (unpaired) electrons. The normalized spacial score (nSPS) is 10.8. The third-order valence-electron chi connectivity index (χ3n) is 4.25. The van der Waals surface area contributed by atoms with Crippen LogP contribution in [-0.4, -0.2) is 18.2 Å². The fourth-order valence-electron chi connectivity index (χ4n) is 2.84. The Bertz CT molecular complexity index is 905. The molecule has 0 bridgehead atoms. The molecule has 0 saturated carbocycles. The first-order valence-corrected chi connectivity index (χ1v) is 8.71. The van der Waals surface area contributed by atoms with Crippen LogP contribution in [0.1, 0.15) is 41.6 Å². The Morgan fingerprint density at radius 1 is 1.00 bits per heavy atom. The highest BCUT2D eigenvalue weighted by Crippen LogP contribution is 2.27. The summed E-state index contributed by atoms with van der Waals surface area (Å²) in [6.45, 7) is 4.17. The molecular weight excluding hydrogens is 344 g/mol. The van der Waals surface area contributed by atoms with Gasteiger partial charge in [0.15, 0.2) is 0 Å². The fourth-order valence-corrected chi connectivity index (χ4v) is 2.84. The molecule has 3 aromatic rings. The van der Waals surface area contributed by atoms with Crippen LogP contribution >= 0.6 is 0 Å². The molecule has 0 saturated heterocycles. The number of rotatable bonds is 7. The van der Waals surface area contributed by atoms with Crippen LogP contribution in [0.25, 0.3) is 11.1 Å². The third-order valence-corrected chi connectivity index (χ3v) is 4.25. The second kappa shape index (κ2) is 7.99. The average Bonchev–Trinajstić information content (AvgIpc) is 3.12. The molecule has 27 heavy (non-hydrogen) atoms. The standard InChI is InChI=1S/C22H22O5/c1-14(2)21-17(12-20(27-21)22(23)24)13-26-19-10-6-16(7-11-19)15-4-8-18(25-3)9-5-15/h4-12,14H,13H2,1-3H3,(H,23,24). The highest BCUT2D eigenvalue weighted by atomic mass is 16.5. The van der Waals surface area contributed by atoms with Crippen molar-refractivity contribution < 1.29 is 23.8 Å². The molecule has 0 aliphatic carbocycles. The molecule has 1 aromatic heterocycles. The SMILES string of the molecule is COc1ccc(-c2ccc(OCc3cc(C(=O)O)oc3C(C)C)cc2)cc1. The predicted octanol–water partition coefficient (Wildman–Crippen LogP) is 5.36. The van der Waals surface area contributed by atoms with Gasteiger partial charge < -0.3 is 19.0 Å². The predicted molar refractivity (Wildman–Crippen MR) is 103 cm³/mol. The number of furan rings is 1. The Balaban J connectivity index is 1.71. The molecule has 5 heteroatoms. The van der Waals surface area contributed by atoms with Crippen LogP contribution in [0, 0.1) is 0 Å². The van der Waals surface area contributed by atoms with Gasteiger partial charge in [-0.3, -0.25) is 0 Å². The Kier molecular flexibility index (Phi) is 5.50. The van der Waals surface area contributed by atoms with Crippen molar-refractivity contribution in [1.29, 1.82) is 0 Å². The van der Waals surface area contributed by atoms with Gasteiger partial charge in [-0.2, -0.15) is 0 Å². The van der Waals surface area contributed by atoms with E-state index in [4.69, 9.17) is 19.0 Å². The number of carboxylic acids is 1. The lowest BCUT2D eigenvalue weighted by Crippen LogP contribution is -1.98. The smallest absolute Gasteiger partial charge is 0.371 e. The van der Waals surface area contributed by atoms with Gasteiger partial charge in [-0.15, -0.1) is 0 Å². The molecule has 0 aliphatic rings. The number of ether oxygens (including phenoxy) is 2. The summed E-state index contributed by atoms with van der Waals surface area (Å²) in [4.78, 5) is 11.1. The molecule has 0 atom stereocenters. The van der Waals surface area contributed by atoms with E-state index in [0.717, 1.165) is 22.4 Å². The van der Waals surface area contributed by atoms with Gasteiger partial charge in [0.1, 0.15) is 23.9 Å². The van der Waals surface area contributed by atoms with Crippen LogP contribution in [0.15, 0.2) is 59.0 Å². The Labute approximate surface area is 158 Å². The minimum Gasteiger partial charge on any atom is -0.497 e. The molecule has 0 fully saturated rings. The van der Waals surface area contributed by atoms with E-state index in [1.165, 1.54) is 6.07 Å². The Morgan fingerprint density at radius 2 is 1.56 bits per heavy atom. The van der Waals surface area contributed by atoms with E-state index in [-0.39, 0.29) is 18.3 Å². The number of methoxy groups -OCH3 is 1. The van der Waals surface area contributed by atoms with Gasteiger partial charge in [0.05, 0.1) is 7.11 Å². The van der Waals surface area contributed by atoms with Gasteiger partial charge in [-0.1, -0.05) is 38.1 Å². The van der Waals surface area contributed by atoms with Crippen molar-refractivity contribution in [1.82, 2.24) is 0 Å². The lowest BCUT2D eigenvalue weighted by atomic mass is 10.1. The zero-order valence-corrected chi connectivity index (χ0v) is 15.6. The van der Waals surface area contributed by atoms with Crippen LogP contribution in [0.2, 0.25) is 0 Å². The maximum absolute atomic E-state index is 11.1. The van der Waals surface area contributed by atoms with Gasteiger partial charge in [-0.25, -0.2) is 4.79 Å². The maximum Gasteiger partial charge on any atom is 0.371 e. The number of carbonyl (C=O) groups is 1. The van der Waals surface area contributed by atoms with Crippen LogP contribution < -0.4 is 9.47 Å². The lowest BCUT2D eigenvalue weighted by molar-refractivity contribution is 0.0660. The largest absolute Gasteiger partial charge is 0.497 e. The van der Waals surface area contributed by atoms with Crippen LogP contribution in [0.5, 0.6) is 11.5 Å². The molecule has 0 spiro atoms. The summed E-state index contributed by atoms with van der Waals surface area (Å²) in [7, 11) is 1.64. The van der Waals surface area contributed by atoms with Gasteiger partial charge in [0, 0.05) is 11.5 Å². The maximum atomic E-state index is 11.1. The molecule has 3 rings (SSSR count). The Hall–Kier alpha value is -3.21. The fraction of sp³-hybridized carbons (Fsp3) is 0.227. The van der Waals surface area contributed by atoms with Gasteiger partial charge in [0.25, 0.3) is 0 Å². The number of carboxylic acid groups (broad SMARTS) is 1. The van der Waals surface area contributed by atoms with E-state index in [2.05, 4.69) is 0 Å². The van der Waals surface area contributed by atoms with Crippen LogP contribution in [0.3, 0.4) is 0 Å². The molecule has 0 aliphatic heterocycles. The Morgan fingerprint density at radius 3 is 2.04 bits per heavy atom. The van der Waals surface area contributed by atoms with Crippen molar-refractivity contribution in [3.63, 3.8) is 0 Å². The van der Waals surface area contributed by atoms with E-state index < -0.39 is 5.97 Å². The first-order chi connectivity index (χ1) is 13.0. The van der Waals surface area contributed by atoms with Crippen LogP contribution in [-0.2, 0) is 6.61 Å². The second-order valence-electron chi connectivity index (χ2n) is 6.50. The minimum atomic E-state index is -1.08. The summed E-state index contributed by atoms with van der Waals surface area (Å²) >= 11 is 0. The van der Waals surface area contributed by atoms with Crippen LogP contribution in [0.4, 0.5) is 0 Å². The van der Waals surface area contributed by atoms with E-state index >= 15 is 0 Å². The number of hydrogen-bond acceptors (Lipinski definition) is 4. The van der Waals surface area contributed by atoms with Gasteiger partial charge in [0.2, 0.25) is 5.76 Å². The van der Waals surface area contributed by atoms with E-state index in [1.54, 1.807) is 7.11 Å². The third kappa shape index (κ3) is 4.31. The minimum absolute atomic E-state index is 0.0628. The summed E-state index contributed by atoms with van der Waals surface area (Å²) < 4.78 is 16.4. The molecule has 1 N–H and O–H groups in total. The number of benzene rings is 2. The van der Waals surface area contributed by atoms with Crippen molar-refractivity contribution in [3.8, 4) is 22.6 Å². The van der Waals surface area contributed by atoms with Gasteiger partial charge >= 0.3 is 5.97 Å². The van der Waals surface area contributed by atoms with E-state index in [9.17, 15) is 4.79 Å². The van der Waals surface area contributed by atoms with Crippen molar-refractivity contribution in [2.75, 3.05) is 7.11 Å². The summed E-state index contributed by atoms with van der Waals surface area (Å²) in [5.74, 6) is 1.11. The molecule has 0 amide bonds. The zero-order chi connectivity index (χ0) is 19.4. The molecule has 140 valence electrons. The van der Waals surface area contributed by atoms with E-state index in [0.29, 0.717) is 11.5 Å². The second-order valence-corrected chi connectivity index (χ2v) is 6.50. The van der Waals surface area contributed by atoms with E-state index in [1.807, 2.05) is 62.4 Å². The number of hydrogen-bond donors (Lipinski definition) is 1. The van der Waals surface area contributed by atoms with Gasteiger partial charge in [-0.05, 0) is 41.5 Å². The zero-order valence-electron chi connectivity index (χ0n) is 15.6. The molecule has 2 aromatic carbocycles. The summed E-state index contributed by atoms with van der Waals surface area (Å²) in [5, 5.41) is 9.12. The lowest BCUT2D eigenvalue weighted by Gasteiger charge is -2.09. The first kappa shape index (κ1) is 18.6. The summed E-state index contributed by atoms with van der Waals surface area (Å²) in [5.41, 5.74) is 2.91. The molecular formula is C22H22O5. The molecule has 5 nitrogen and oxygen atoms in total. The molecule has 0 unspecified atom stereocenters. The summed E-state index contributed by atoms with van der Waals surface area (Å²) in [6, 6.07) is 17.1. The van der Waals surface area contributed by atoms with Crippen molar-refractivity contribution in [3.05, 3.63) is 71.7 Å². The monoisotopic (exact) mass is 366 g/mol. The van der Waals surface area contributed by atoms with Crippen molar-refractivity contribution in [2.45, 2.75) is 26.4 Å². The highest BCUT2D eigenvalue weighted by Gasteiger charge is 2.18.